The van der Waals surface area contributed by atoms with Crippen molar-refractivity contribution in [2.45, 2.75) is 45.7 Å². The minimum atomic E-state index is 0.0437. The second-order valence-electron chi connectivity index (χ2n) is 5.01. The molecule has 6 nitrogen and oxygen atoms in total. The summed E-state index contributed by atoms with van der Waals surface area (Å²) in [5.74, 6) is 1.05. The second-order valence-corrected chi connectivity index (χ2v) is 5.01. The number of nitrogens with one attached hydrogen (secondary N) is 1. The van der Waals surface area contributed by atoms with E-state index >= 15 is 0 Å². The Morgan fingerprint density at radius 3 is 2.90 bits per heavy atom. The Hall–Kier alpha value is -2.24. The monoisotopic (exact) mass is 287 g/mol. The quantitative estimate of drug-likeness (QED) is 0.835. The van der Waals surface area contributed by atoms with Crippen LogP contribution in [0.3, 0.4) is 0 Å². The molecular weight excluding hydrogens is 266 g/mol. The van der Waals surface area contributed by atoms with Crippen molar-refractivity contribution in [1.82, 2.24) is 24.8 Å². The number of hydrogen-bond donors (Lipinski definition) is 1. The molecule has 0 fully saturated rings. The van der Waals surface area contributed by atoms with Gasteiger partial charge in [0, 0.05) is 62.8 Å². The van der Waals surface area contributed by atoms with Crippen LogP contribution in [0.2, 0.25) is 0 Å². The first-order valence-electron chi connectivity index (χ1n) is 7.23. The minimum Gasteiger partial charge on any atom is -0.353 e. The molecule has 2 aromatic heterocycles. The topological polar surface area (TPSA) is 72.7 Å². The molecule has 0 radical (unpaired) electrons. The number of aromatic nitrogens is 4. The van der Waals surface area contributed by atoms with Gasteiger partial charge >= 0.3 is 0 Å². The first-order valence-corrected chi connectivity index (χ1v) is 7.23. The first-order chi connectivity index (χ1) is 10.2. The molecule has 2 heterocycles. The molecular formula is C15H21N5O. The van der Waals surface area contributed by atoms with Gasteiger partial charge in [0.05, 0.1) is 5.69 Å². The molecule has 0 saturated heterocycles. The van der Waals surface area contributed by atoms with Crippen LogP contribution < -0.4 is 5.32 Å². The van der Waals surface area contributed by atoms with Gasteiger partial charge in [-0.1, -0.05) is 6.92 Å². The number of carbonyl (C=O) groups is 1. The van der Waals surface area contributed by atoms with E-state index in [0.29, 0.717) is 19.4 Å². The SMILES string of the molecule is CCc1nccn1CCC(=O)N[C@H](C)Cc1cnccn1. The summed E-state index contributed by atoms with van der Waals surface area (Å²) in [5, 5.41) is 2.99. The van der Waals surface area contributed by atoms with Crippen molar-refractivity contribution in [2.75, 3.05) is 0 Å². The number of imidazole rings is 1. The molecule has 0 aliphatic carbocycles. The van der Waals surface area contributed by atoms with Gasteiger partial charge in [-0.2, -0.15) is 0 Å². The van der Waals surface area contributed by atoms with Crippen LogP contribution in [-0.2, 0) is 24.2 Å². The summed E-state index contributed by atoms with van der Waals surface area (Å²) in [7, 11) is 0. The minimum absolute atomic E-state index is 0.0437. The molecule has 1 N–H and O–H groups in total. The van der Waals surface area contributed by atoms with Gasteiger partial charge < -0.3 is 9.88 Å². The standard InChI is InChI=1S/C15H21N5O/c1-3-14-18-7-9-20(14)8-4-15(21)19-12(2)10-13-11-16-5-6-17-13/h5-7,9,11-12H,3-4,8,10H2,1-2H3,(H,19,21)/t12-/m1/s1. The van der Waals surface area contributed by atoms with Crippen LogP contribution >= 0.6 is 0 Å². The molecule has 6 heteroatoms. The van der Waals surface area contributed by atoms with Crippen molar-refractivity contribution in [3.8, 4) is 0 Å². The van der Waals surface area contributed by atoms with E-state index < -0.39 is 0 Å². The van der Waals surface area contributed by atoms with Gasteiger partial charge in [0.25, 0.3) is 0 Å². The lowest BCUT2D eigenvalue weighted by Crippen LogP contribution is -2.34. The molecule has 0 saturated carbocycles. The third kappa shape index (κ3) is 4.66. The highest BCUT2D eigenvalue weighted by Gasteiger charge is 2.10. The number of hydrogen-bond acceptors (Lipinski definition) is 4. The van der Waals surface area contributed by atoms with E-state index in [9.17, 15) is 4.79 Å². The first kappa shape index (κ1) is 15.2. The Morgan fingerprint density at radius 1 is 1.33 bits per heavy atom. The maximum atomic E-state index is 12.0. The summed E-state index contributed by atoms with van der Waals surface area (Å²) < 4.78 is 2.02. The maximum Gasteiger partial charge on any atom is 0.222 e. The fourth-order valence-corrected chi connectivity index (χ4v) is 2.23. The summed E-state index contributed by atoms with van der Waals surface area (Å²) in [5.41, 5.74) is 0.883. The lowest BCUT2D eigenvalue weighted by molar-refractivity contribution is -0.121. The fourth-order valence-electron chi connectivity index (χ4n) is 2.23. The third-order valence-corrected chi connectivity index (χ3v) is 3.24. The van der Waals surface area contributed by atoms with Crippen molar-refractivity contribution >= 4 is 5.91 Å². The van der Waals surface area contributed by atoms with Gasteiger partial charge in [0.2, 0.25) is 5.91 Å². The predicted molar refractivity (Wildman–Crippen MR) is 79.6 cm³/mol. The molecule has 0 aliphatic rings. The lowest BCUT2D eigenvalue weighted by atomic mass is 10.2. The Labute approximate surface area is 124 Å². The average molecular weight is 287 g/mol. The van der Waals surface area contributed by atoms with E-state index in [1.165, 1.54) is 0 Å². The van der Waals surface area contributed by atoms with Gasteiger partial charge in [-0.05, 0) is 6.92 Å². The number of nitrogens with zero attached hydrogens (tertiary/aromatic N) is 4. The van der Waals surface area contributed by atoms with Crippen molar-refractivity contribution in [3.63, 3.8) is 0 Å². The summed E-state index contributed by atoms with van der Waals surface area (Å²) in [6.07, 6.45) is 10.7. The van der Waals surface area contributed by atoms with Crippen LogP contribution in [0, 0.1) is 0 Å². The molecule has 0 aliphatic heterocycles. The Kier molecular flexibility index (Phi) is 5.43. The molecule has 2 aromatic rings. The van der Waals surface area contributed by atoms with Crippen molar-refractivity contribution in [3.05, 3.63) is 42.5 Å². The molecule has 21 heavy (non-hydrogen) atoms. The van der Waals surface area contributed by atoms with Gasteiger partial charge in [0.1, 0.15) is 5.82 Å². The van der Waals surface area contributed by atoms with Crippen molar-refractivity contribution < 1.29 is 4.79 Å². The largest absolute Gasteiger partial charge is 0.353 e. The summed E-state index contributed by atoms with van der Waals surface area (Å²) in [6.45, 7) is 4.69. The molecule has 112 valence electrons. The highest BCUT2D eigenvalue weighted by Crippen LogP contribution is 2.01. The zero-order chi connectivity index (χ0) is 15.1. The zero-order valence-electron chi connectivity index (χ0n) is 12.5. The van der Waals surface area contributed by atoms with Gasteiger partial charge in [-0.15, -0.1) is 0 Å². The van der Waals surface area contributed by atoms with E-state index in [1.54, 1.807) is 24.8 Å². The van der Waals surface area contributed by atoms with Gasteiger partial charge in [-0.3, -0.25) is 14.8 Å². The molecule has 1 atom stereocenters. The Bertz CT molecular complexity index is 566. The third-order valence-electron chi connectivity index (χ3n) is 3.24. The summed E-state index contributed by atoms with van der Waals surface area (Å²) in [6, 6.07) is 0.0441. The smallest absolute Gasteiger partial charge is 0.222 e. The van der Waals surface area contributed by atoms with Crippen LogP contribution in [0.25, 0.3) is 0 Å². The lowest BCUT2D eigenvalue weighted by Gasteiger charge is -2.13. The number of aryl methyl sites for hydroxylation is 2. The molecule has 2 rings (SSSR count). The van der Waals surface area contributed by atoms with E-state index in [1.807, 2.05) is 17.7 Å². The van der Waals surface area contributed by atoms with Crippen LogP contribution in [0.15, 0.2) is 31.0 Å². The van der Waals surface area contributed by atoms with Gasteiger partial charge in [0.15, 0.2) is 0 Å². The van der Waals surface area contributed by atoms with Crippen LogP contribution in [-0.4, -0.2) is 31.5 Å². The molecule has 0 unspecified atom stereocenters. The highest BCUT2D eigenvalue weighted by molar-refractivity contribution is 5.76. The highest BCUT2D eigenvalue weighted by atomic mass is 16.1. The number of amides is 1. The van der Waals surface area contributed by atoms with Crippen LogP contribution in [0.1, 0.15) is 31.8 Å². The van der Waals surface area contributed by atoms with Crippen LogP contribution in [0.5, 0.6) is 0 Å². The fraction of sp³-hybridized carbons (Fsp3) is 0.467. The molecule has 0 bridgehead atoms. The average Bonchev–Trinajstić information content (AvgIpc) is 2.93. The Morgan fingerprint density at radius 2 is 2.19 bits per heavy atom. The molecule has 1 amide bonds. The molecule has 0 spiro atoms. The van der Waals surface area contributed by atoms with Crippen LogP contribution in [0.4, 0.5) is 0 Å². The normalized spacial score (nSPS) is 12.1. The maximum absolute atomic E-state index is 12.0. The second kappa shape index (κ2) is 7.52. The Balaban J connectivity index is 1.76. The predicted octanol–water partition coefficient (Wildman–Crippen LogP) is 1.37. The number of carbonyl (C=O) groups excluding carboxylic acids is 1. The summed E-state index contributed by atoms with van der Waals surface area (Å²) in [4.78, 5) is 24.4. The van der Waals surface area contributed by atoms with Crippen molar-refractivity contribution in [2.24, 2.45) is 0 Å². The van der Waals surface area contributed by atoms with Gasteiger partial charge in [-0.25, -0.2) is 4.98 Å². The van der Waals surface area contributed by atoms with E-state index in [2.05, 4.69) is 27.2 Å². The van der Waals surface area contributed by atoms with E-state index in [4.69, 9.17) is 0 Å². The summed E-state index contributed by atoms with van der Waals surface area (Å²) >= 11 is 0. The number of rotatable bonds is 7. The van der Waals surface area contributed by atoms with Crippen molar-refractivity contribution in [1.29, 1.82) is 0 Å². The van der Waals surface area contributed by atoms with E-state index in [0.717, 1.165) is 17.9 Å². The molecule has 0 aromatic carbocycles. The zero-order valence-corrected chi connectivity index (χ0v) is 12.5. The van der Waals surface area contributed by atoms with E-state index in [-0.39, 0.29) is 11.9 Å².